The molecule has 0 unspecified atom stereocenters. The van der Waals surface area contributed by atoms with Crippen LogP contribution >= 0.6 is 0 Å². The molecule has 1 aliphatic rings. The zero-order valence-electron chi connectivity index (χ0n) is 11.4. The number of carboxylic acid groups (broad SMARTS) is 1. The fraction of sp³-hybridized carbons (Fsp3) is 0.500. The zero-order chi connectivity index (χ0) is 14.8. The Balaban J connectivity index is 1.94. The first-order chi connectivity index (χ1) is 9.37. The third-order valence-electron chi connectivity index (χ3n) is 3.78. The Morgan fingerprint density at radius 1 is 1.25 bits per heavy atom. The summed E-state index contributed by atoms with van der Waals surface area (Å²) in [5, 5.41) is 8.84. The molecule has 1 aromatic rings. The summed E-state index contributed by atoms with van der Waals surface area (Å²) >= 11 is 0. The molecule has 1 N–H and O–H groups in total. The number of rotatable bonds is 4. The van der Waals surface area contributed by atoms with Crippen LogP contribution < -0.4 is 0 Å². The Morgan fingerprint density at radius 2 is 1.80 bits per heavy atom. The highest BCUT2D eigenvalue weighted by molar-refractivity contribution is 7.91. The van der Waals surface area contributed by atoms with Crippen molar-refractivity contribution in [3.63, 3.8) is 0 Å². The van der Waals surface area contributed by atoms with Crippen LogP contribution in [0.15, 0.2) is 24.3 Å². The maximum absolute atomic E-state index is 11.4. The van der Waals surface area contributed by atoms with Crippen molar-refractivity contribution < 1.29 is 18.3 Å². The van der Waals surface area contributed by atoms with E-state index in [1.807, 2.05) is 7.05 Å². The number of carbonyl (C=O) groups is 1. The van der Waals surface area contributed by atoms with Gasteiger partial charge in [0.15, 0.2) is 0 Å². The van der Waals surface area contributed by atoms with Crippen LogP contribution in [0.1, 0.15) is 28.8 Å². The molecule has 0 radical (unpaired) electrons. The standard InChI is InChI=1S/C14H19NO4S/c1-15(13-6-8-20(18,19)9-7-13)10-11-2-4-12(5-3-11)14(16)17/h2-5,13H,6-10H2,1H3,(H,16,17). The van der Waals surface area contributed by atoms with E-state index in [1.165, 1.54) is 0 Å². The predicted molar refractivity (Wildman–Crippen MR) is 76.5 cm³/mol. The molecule has 1 aliphatic heterocycles. The fourth-order valence-corrected chi connectivity index (χ4v) is 3.95. The van der Waals surface area contributed by atoms with Crippen LogP contribution in [0.4, 0.5) is 0 Å². The molecule has 0 aliphatic carbocycles. The number of hydrogen-bond donors (Lipinski definition) is 1. The van der Waals surface area contributed by atoms with Crippen molar-refractivity contribution in [2.45, 2.75) is 25.4 Å². The third-order valence-corrected chi connectivity index (χ3v) is 5.50. The molecular weight excluding hydrogens is 278 g/mol. The van der Waals surface area contributed by atoms with Crippen molar-refractivity contribution in [1.29, 1.82) is 0 Å². The lowest BCUT2D eigenvalue weighted by Gasteiger charge is -2.31. The molecule has 110 valence electrons. The highest BCUT2D eigenvalue weighted by Gasteiger charge is 2.26. The van der Waals surface area contributed by atoms with Crippen LogP contribution in [0.5, 0.6) is 0 Å². The molecule has 0 amide bonds. The van der Waals surface area contributed by atoms with Crippen molar-refractivity contribution in [1.82, 2.24) is 4.90 Å². The maximum Gasteiger partial charge on any atom is 0.335 e. The molecule has 1 saturated heterocycles. The summed E-state index contributed by atoms with van der Waals surface area (Å²) in [7, 11) is -0.849. The molecule has 0 atom stereocenters. The largest absolute Gasteiger partial charge is 0.478 e. The first-order valence-corrected chi connectivity index (χ1v) is 8.42. The van der Waals surface area contributed by atoms with E-state index < -0.39 is 15.8 Å². The SMILES string of the molecule is CN(Cc1ccc(C(=O)O)cc1)C1CCS(=O)(=O)CC1. The summed E-state index contributed by atoms with van der Waals surface area (Å²) in [5.74, 6) is -0.401. The summed E-state index contributed by atoms with van der Waals surface area (Å²) in [4.78, 5) is 12.9. The van der Waals surface area contributed by atoms with Gasteiger partial charge < -0.3 is 5.11 Å². The number of aromatic carboxylic acids is 1. The van der Waals surface area contributed by atoms with E-state index in [4.69, 9.17) is 5.11 Å². The van der Waals surface area contributed by atoms with Gasteiger partial charge in [0.25, 0.3) is 0 Å². The van der Waals surface area contributed by atoms with Gasteiger partial charge in [-0.25, -0.2) is 13.2 Å². The van der Waals surface area contributed by atoms with E-state index >= 15 is 0 Å². The van der Waals surface area contributed by atoms with Gasteiger partial charge in [-0.2, -0.15) is 0 Å². The molecule has 0 aromatic heterocycles. The third kappa shape index (κ3) is 3.80. The smallest absolute Gasteiger partial charge is 0.335 e. The van der Waals surface area contributed by atoms with Crippen LogP contribution in [0.3, 0.4) is 0 Å². The first-order valence-electron chi connectivity index (χ1n) is 6.60. The topological polar surface area (TPSA) is 74.7 Å². The average molecular weight is 297 g/mol. The Hall–Kier alpha value is -1.40. The second-order valence-electron chi connectivity index (χ2n) is 5.30. The normalized spacial score (nSPS) is 19.1. The van der Waals surface area contributed by atoms with E-state index in [0.717, 1.165) is 5.56 Å². The number of sulfone groups is 1. The average Bonchev–Trinajstić information content (AvgIpc) is 2.39. The minimum Gasteiger partial charge on any atom is -0.478 e. The number of nitrogens with zero attached hydrogens (tertiary/aromatic N) is 1. The zero-order valence-corrected chi connectivity index (χ0v) is 12.3. The highest BCUT2D eigenvalue weighted by atomic mass is 32.2. The van der Waals surface area contributed by atoms with Gasteiger partial charge in [0.05, 0.1) is 17.1 Å². The van der Waals surface area contributed by atoms with Gasteiger partial charge in [0, 0.05) is 12.6 Å². The second kappa shape index (κ2) is 5.93. The van der Waals surface area contributed by atoms with Crippen LogP contribution in [0, 0.1) is 0 Å². The number of benzene rings is 1. The molecule has 20 heavy (non-hydrogen) atoms. The van der Waals surface area contributed by atoms with Crippen molar-refractivity contribution in [2.75, 3.05) is 18.6 Å². The van der Waals surface area contributed by atoms with Crippen molar-refractivity contribution >= 4 is 15.8 Å². The van der Waals surface area contributed by atoms with Crippen LogP contribution in [0.25, 0.3) is 0 Å². The summed E-state index contributed by atoms with van der Waals surface area (Å²) in [6, 6.07) is 7.07. The Kier molecular flexibility index (Phi) is 4.45. The second-order valence-corrected chi connectivity index (χ2v) is 7.60. The Morgan fingerprint density at radius 3 is 2.30 bits per heavy atom. The van der Waals surface area contributed by atoms with Crippen molar-refractivity contribution in [2.24, 2.45) is 0 Å². The van der Waals surface area contributed by atoms with Gasteiger partial charge in [-0.3, -0.25) is 4.90 Å². The van der Waals surface area contributed by atoms with Crippen LogP contribution in [-0.4, -0.2) is 49.0 Å². The summed E-state index contributed by atoms with van der Waals surface area (Å²) in [5.41, 5.74) is 1.31. The molecule has 1 fully saturated rings. The lowest BCUT2D eigenvalue weighted by molar-refractivity contribution is 0.0697. The van der Waals surface area contributed by atoms with E-state index in [-0.39, 0.29) is 23.1 Å². The van der Waals surface area contributed by atoms with Gasteiger partial charge in [-0.1, -0.05) is 12.1 Å². The van der Waals surface area contributed by atoms with Crippen molar-refractivity contribution in [3.8, 4) is 0 Å². The molecule has 2 rings (SSSR count). The van der Waals surface area contributed by atoms with Crippen LogP contribution in [-0.2, 0) is 16.4 Å². The fourth-order valence-electron chi connectivity index (χ4n) is 2.49. The molecule has 0 spiro atoms. The maximum atomic E-state index is 11.4. The summed E-state index contributed by atoms with van der Waals surface area (Å²) < 4.78 is 22.8. The molecule has 6 heteroatoms. The van der Waals surface area contributed by atoms with Crippen molar-refractivity contribution in [3.05, 3.63) is 35.4 Å². The summed E-state index contributed by atoms with van der Waals surface area (Å²) in [6.07, 6.45) is 1.35. The van der Waals surface area contributed by atoms with Gasteiger partial charge >= 0.3 is 5.97 Å². The van der Waals surface area contributed by atoms with Gasteiger partial charge in [0.1, 0.15) is 9.84 Å². The minimum atomic E-state index is -2.83. The monoisotopic (exact) mass is 297 g/mol. The lowest BCUT2D eigenvalue weighted by atomic mass is 10.1. The van der Waals surface area contributed by atoms with E-state index in [0.29, 0.717) is 19.4 Å². The van der Waals surface area contributed by atoms with Gasteiger partial charge in [-0.05, 0) is 37.6 Å². The summed E-state index contributed by atoms with van der Waals surface area (Å²) in [6.45, 7) is 0.699. The molecule has 5 nitrogen and oxygen atoms in total. The van der Waals surface area contributed by atoms with E-state index in [1.54, 1.807) is 24.3 Å². The van der Waals surface area contributed by atoms with E-state index in [9.17, 15) is 13.2 Å². The number of carboxylic acids is 1. The van der Waals surface area contributed by atoms with Gasteiger partial charge in [0.2, 0.25) is 0 Å². The molecule has 0 bridgehead atoms. The molecule has 1 heterocycles. The molecule has 1 aromatic carbocycles. The van der Waals surface area contributed by atoms with Crippen LogP contribution in [0.2, 0.25) is 0 Å². The number of hydrogen-bond acceptors (Lipinski definition) is 4. The Bertz CT molecular complexity index is 566. The minimum absolute atomic E-state index is 0.264. The van der Waals surface area contributed by atoms with E-state index in [2.05, 4.69) is 4.90 Å². The quantitative estimate of drug-likeness (QED) is 0.909. The van der Waals surface area contributed by atoms with Gasteiger partial charge in [-0.15, -0.1) is 0 Å². The lowest BCUT2D eigenvalue weighted by Crippen LogP contribution is -2.38. The molecular formula is C14H19NO4S. The first kappa shape index (κ1) is 15.0. The highest BCUT2D eigenvalue weighted by Crippen LogP contribution is 2.19. The predicted octanol–water partition coefficient (Wildman–Crippen LogP) is 1.39. The molecule has 0 saturated carbocycles. The Labute approximate surface area is 119 Å².